The second-order valence-electron chi connectivity index (χ2n) is 4.48. The molecule has 2 rings (SSSR count). The molecule has 0 spiro atoms. The average molecular weight is 266 g/mol. The molecule has 20 heavy (non-hydrogen) atoms. The zero-order valence-corrected chi connectivity index (χ0v) is 11.1. The SMILES string of the molecule is C[C@@H](Cc1cccnc1)NC(=O)c1ccc(C#N)nc1. The van der Waals surface area contributed by atoms with Gasteiger partial charge < -0.3 is 5.32 Å². The van der Waals surface area contributed by atoms with E-state index in [2.05, 4.69) is 15.3 Å². The molecular weight excluding hydrogens is 252 g/mol. The number of amides is 1. The molecule has 0 aliphatic heterocycles. The highest BCUT2D eigenvalue weighted by Crippen LogP contribution is 2.03. The van der Waals surface area contributed by atoms with E-state index in [0.717, 1.165) is 5.56 Å². The third kappa shape index (κ3) is 3.62. The molecule has 5 nitrogen and oxygen atoms in total. The highest BCUT2D eigenvalue weighted by molar-refractivity contribution is 5.94. The molecule has 2 aromatic heterocycles. The summed E-state index contributed by atoms with van der Waals surface area (Å²) in [6.45, 7) is 1.93. The fourth-order valence-corrected chi connectivity index (χ4v) is 1.82. The predicted octanol–water partition coefficient (Wildman–Crippen LogP) is 1.71. The van der Waals surface area contributed by atoms with E-state index in [4.69, 9.17) is 5.26 Å². The Balaban J connectivity index is 1.95. The van der Waals surface area contributed by atoms with Gasteiger partial charge in [-0.1, -0.05) is 6.07 Å². The number of aromatic nitrogens is 2. The van der Waals surface area contributed by atoms with Crippen molar-refractivity contribution in [1.29, 1.82) is 5.26 Å². The number of nitrogens with one attached hydrogen (secondary N) is 1. The van der Waals surface area contributed by atoms with Gasteiger partial charge >= 0.3 is 0 Å². The molecule has 0 unspecified atom stereocenters. The van der Waals surface area contributed by atoms with Crippen LogP contribution in [-0.2, 0) is 6.42 Å². The van der Waals surface area contributed by atoms with Gasteiger partial charge in [-0.3, -0.25) is 9.78 Å². The second kappa shape index (κ2) is 6.43. The largest absolute Gasteiger partial charge is 0.349 e. The lowest BCUT2D eigenvalue weighted by Crippen LogP contribution is -2.34. The van der Waals surface area contributed by atoms with Crippen molar-refractivity contribution in [3.8, 4) is 6.07 Å². The van der Waals surface area contributed by atoms with Crippen molar-refractivity contribution in [3.63, 3.8) is 0 Å². The normalized spacial score (nSPS) is 11.4. The molecule has 0 aliphatic carbocycles. The lowest BCUT2D eigenvalue weighted by molar-refractivity contribution is 0.0939. The van der Waals surface area contributed by atoms with Crippen LogP contribution in [0.3, 0.4) is 0 Å². The summed E-state index contributed by atoms with van der Waals surface area (Å²) >= 11 is 0. The van der Waals surface area contributed by atoms with Crippen molar-refractivity contribution in [2.75, 3.05) is 0 Å². The van der Waals surface area contributed by atoms with Crippen LogP contribution >= 0.6 is 0 Å². The van der Waals surface area contributed by atoms with Gasteiger partial charge in [0.1, 0.15) is 11.8 Å². The molecule has 0 radical (unpaired) electrons. The molecule has 2 aromatic rings. The molecule has 0 aromatic carbocycles. The molecule has 1 atom stereocenters. The Hall–Kier alpha value is -2.74. The zero-order valence-electron chi connectivity index (χ0n) is 11.1. The molecule has 0 fully saturated rings. The summed E-state index contributed by atoms with van der Waals surface area (Å²) in [7, 11) is 0. The topological polar surface area (TPSA) is 78.7 Å². The zero-order chi connectivity index (χ0) is 14.4. The predicted molar refractivity (Wildman–Crippen MR) is 73.8 cm³/mol. The van der Waals surface area contributed by atoms with Crippen molar-refractivity contribution < 1.29 is 4.79 Å². The van der Waals surface area contributed by atoms with Crippen LogP contribution in [0.4, 0.5) is 0 Å². The maximum Gasteiger partial charge on any atom is 0.253 e. The minimum absolute atomic E-state index is 0.0117. The summed E-state index contributed by atoms with van der Waals surface area (Å²) in [5.41, 5.74) is 1.81. The van der Waals surface area contributed by atoms with Crippen LogP contribution in [0, 0.1) is 11.3 Å². The van der Waals surface area contributed by atoms with E-state index in [1.165, 1.54) is 12.3 Å². The van der Waals surface area contributed by atoms with E-state index in [0.29, 0.717) is 17.7 Å². The summed E-state index contributed by atoms with van der Waals surface area (Å²) in [6, 6.07) is 8.87. The van der Waals surface area contributed by atoms with Gasteiger partial charge in [-0.05, 0) is 37.1 Å². The molecule has 0 saturated carbocycles. The average Bonchev–Trinajstić information content (AvgIpc) is 2.48. The van der Waals surface area contributed by atoms with Gasteiger partial charge in [-0.15, -0.1) is 0 Å². The van der Waals surface area contributed by atoms with Crippen LogP contribution in [0.1, 0.15) is 28.5 Å². The second-order valence-corrected chi connectivity index (χ2v) is 4.48. The number of carbonyl (C=O) groups is 1. The fraction of sp³-hybridized carbons (Fsp3) is 0.200. The maximum atomic E-state index is 12.0. The van der Waals surface area contributed by atoms with Gasteiger partial charge in [-0.25, -0.2) is 4.98 Å². The number of nitriles is 1. The van der Waals surface area contributed by atoms with E-state index in [1.807, 2.05) is 25.1 Å². The highest BCUT2D eigenvalue weighted by atomic mass is 16.1. The Morgan fingerprint density at radius 1 is 1.40 bits per heavy atom. The number of carbonyl (C=O) groups excluding carboxylic acids is 1. The van der Waals surface area contributed by atoms with E-state index >= 15 is 0 Å². The van der Waals surface area contributed by atoms with Crippen molar-refractivity contribution in [1.82, 2.24) is 15.3 Å². The molecule has 100 valence electrons. The fourth-order valence-electron chi connectivity index (χ4n) is 1.82. The Morgan fingerprint density at radius 2 is 2.25 bits per heavy atom. The Kier molecular flexibility index (Phi) is 4.40. The van der Waals surface area contributed by atoms with Crippen LogP contribution in [0.5, 0.6) is 0 Å². The molecule has 0 bridgehead atoms. The number of pyridine rings is 2. The maximum absolute atomic E-state index is 12.0. The van der Waals surface area contributed by atoms with Crippen LogP contribution in [0.15, 0.2) is 42.9 Å². The molecule has 2 heterocycles. The summed E-state index contributed by atoms with van der Waals surface area (Å²) < 4.78 is 0. The molecule has 1 N–H and O–H groups in total. The monoisotopic (exact) mass is 266 g/mol. The number of hydrogen-bond donors (Lipinski definition) is 1. The van der Waals surface area contributed by atoms with Crippen molar-refractivity contribution >= 4 is 5.91 Å². The first-order chi connectivity index (χ1) is 9.69. The Morgan fingerprint density at radius 3 is 2.85 bits per heavy atom. The summed E-state index contributed by atoms with van der Waals surface area (Å²) in [5, 5.41) is 11.6. The lowest BCUT2D eigenvalue weighted by Gasteiger charge is -2.13. The quantitative estimate of drug-likeness (QED) is 0.913. The summed E-state index contributed by atoms with van der Waals surface area (Å²) in [5.74, 6) is -0.196. The molecule has 0 aliphatic rings. The van der Waals surface area contributed by atoms with Crippen molar-refractivity contribution in [2.45, 2.75) is 19.4 Å². The molecular formula is C15H14N4O. The smallest absolute Gasteiger partial charge is 0.253 e. The first-order valence-corrected chi connectivity index (χ1v) is 6.25. The van der Waals surface area contributed by atoms with Crippen LogP contribution in [0.25, 0.3) is 0 Å². The van der Waals surface area contributed by atoms with Crippen molar-refractivity contribution in [3.05, 3.63) is 59.7 Å². The van der Waals surface area contributed by atoms with Crippen LogP contribution < -0.4 is 5.32 Å². The van der Waals surface area contributed by atoms with Gasteiger partial charge in [0.05, 0.1) is 5.56 Å². The van der Waals surface area contributed by atoms with Gasteiger partial charge in [0.25, 0.3) is 5.91 Å². The Labute approximate surface area is 117 Å². The molecule has 0 saturated heterocycles. The van der Waals surface area contributed by atoms with E-state index in [-0.39, 0.29) is 11.9 Å². The van der Waals surface area contributed by atoms with Gasteiger partial charge in [0, 0.05) is 24.6 Å². The first-order valence-electron chi connectivity index (χ1n) is 6.25. The van der Waals surface area contributed by atoms with E-state index < -0.39 is 0 Å². The number of hydrogen-bond acceptors (Lipinski definition) is 4. The van der Waals surface area contributed by atoms with Gasteiger partial charge in [-0.2, -0.15) is 5.26 Å². The van der Waals surface area contributed by atoms with Crippen molar-refractivity contribution in [2.24, 2.45) is 0 Å². The van der Waals surface area contributed by atoms with Crippen LogP contribution in [-0.4, -0.2) is 21.9 Å². The van der Waals surface area contributed by atoms with Gasteiger partial charge in [0.2, 0.25) is 0 Å². The molecule has 5 heteroatoms. The number of nitrogens with zero attached hydrogens (tertiary/aromatic N) is 3. The first kappa shape index (κ1) is 13.7. The highest BCUT2D eigenvalue weighted by Gasteiger charge is 2.10. The third-order valence-electron chi connectivity index (χ3n) is 2.78. The minimum atomic E-state index is -0.196. The van der Waals surface area contributed by atoms with Gasteiger partial charge in [0.15, 0.2) is 0 Å². The minimum Gasteiger partial charge on any atom is -0.349 e. The van der Waals surface area contributed by atoms with E-state index in [9.17, 15) is 4.79 Å². The standard InChI is InChI=1S/C15H14N4O/c1-11(7-12-3-2-6-17-9-12)19-15(20)13-4-5-14(8-16)18-10-13/h2-6,9-11H,7H2,1H3,(H,19,20)/t11-/m0/s1. The third-order valence-corrected chi connectivity index (χ3v) is 2.78. The molecule has 1 amide bonds. The van der Waals surface area contributed by atoms with E-state index in [1.54, 1.807) is 18.5 Å². The lowest BCUT2D eigenvalue weighted by atomic mass is 10.1. The Bertz CT molecular complexity index is 617. The van der Waals surface area contributed by atoms with Crippen LogP contribution in [0.2, 0.25) is 0 Å². The summed E-state index contributed by atoms with van der Waals surface area (Å²) in [6.07, 6.45) is 5.62. The number of rotatable bonds is 4. The summed E-state index contributed by atoms with van der Waals surface area (Å²) in [4.78, 5) is 19.9.